The highest BCUT2D eigenvalue weighted by Gasteiger charge is 2.18. The maximum Gasteiger partial charge on any atom is 0.251 e. The van der Waals surface area contributed by atoms with Gasteiger partial charge in [0.05, 0.1) is 12.2 Å². The van der Waals surface area contributed by atoms with E-state index >= 15 is 0 Å². The van der Waals surface area contributed by atoms with Crippen molar-refractivity contribution < 1.29 is 4.79 Å². The van der Waals surface area contributed by atoms with Gasteiger partial charge in [-0.1, -0.05) is 19.3 Å². The van der Waals surface area contributed by atoms with Crippen molar-refractivity contribution in [2.75, 3.05) is 12.4 Å². The molecule has 1 fully saturated rings. The first-order valence-corrected chi connectivity index (χ1v) is 10.7. The number of hydrogen-bond donors (Lipinski definition) is 2. The van der Waals surface area contributed by atoms with Crippen LogP contribution in [0.5, 0.6) is 0 Å². The number of hydrogen-bond acceptors (Lipinski definition) is 5. The zero-order valence-corrected chi connectivity index (χ0v) is 17.5. The second-order valence-electron chi connectivity index (χ2n) is 7.91. The van der Waals surface area contributed by atoms with Crippen LogP contribution >= 0.6 is 0 Å². The first kappa shape index (κ1) is 19.3. The van der Waals surface area contributed by atoms with E-state index in [9.17, 15) is 4.79 Å². The topological polar surface area (TPSA) is 89.1 Å². The first-order valence-electron chi connectivity index (χ1n) is 10.7. The Morgan fingerprint density at radius 1 is 1.10 bits per heavy atom. The SMILES string of the molecule is CNC(=O)c1ccc(Nc2nc3c(-c4cnn(C5CCCCC5)c4)cccn3n2)cc1. The van der Waals surface area contributed by atoms with Gasteiger partial charge in [-0.3, -0.25) is 9.48 Å². The fourth-order valence-electron chi connectivity index (χ4n) is 4.19. The maximum atomic E-state index is 11.7. The summed E-state index contributed by atoms with van der Waals surface area (Å²) in [6.07, 6.45) is 12.2. The van der Waals surface area contributed by atoms with Crippen molar-refractivity contribution >= 4 is 23.2 Å². The summed E-state index contributed by atoms with van der Waals surface area (Å²) in [5, 5.41) is 15.0. The predicted molar refractivity (Wildman–Crippen MR) is 119 cm³/mol. The number of nitrogens with one attached hydrogen (secondary N) is 2. The predicted octanol–water partition coefficient (Wildman–Crippen LogP) is 4.20. The fourth-order valence-corrected chi connectivity index (χ4v) is 4.19. The molecule has 8 heteroatoms. The molecular weight excluding hydrogens is 390 g/mol. The molecular formula is C23H25N7O. The number of pyridine rings is 1. The van der Waals surface area contributed by atoms with Crippen LogP contribution in [0, 0.1) is 0 Å². The standard InChI is InChI=1S/C23H25N7O/c1-24-22(31)16-9-11-18(12-10-16)26-23-27-21-20(8-5-13-29(21)28-23)17-14-25-30(15-17)19-6-3-2-4-7-19/h5,8-15,19H,2-4,6-7H2,1H3,(H,24,31)(H,26,28). The zero-order chi connectivity index (χ0) is 21.2. The fraction of sp³-hybridized carbons (Fsp3) is 0.304. The molecule has 1 aromatic carbocycles. The summed E-state index contributed by atoms with van der Waals surface area (Å²) < 4.78 is 3.88. The number of carbonyl (C=O) groups excluding carboxylic acids is 1. The van der Waals surface area contributed by atoms with E-state index in [1.165, 1.54) is 32.1 Å². The third-order valence-corrected chi connectivity index (χ3v) is 5.85. The number of amides is 1. The number of carbonyl (C=O) groups is 1. The Bertz CT molecular complexity index is 1200. The van der Waals surface area contributed by atoms with Crippen molar-refractivity contribution in [1.82, 2.24) is 29.7 Å². The summed E-state index contributed by atoms with van der Waals surface area (Å²) >= 11 is 0. The van der Waals surface area contributed by atoms with E-state index in [0.29, 0.717) is 17.6 Å². The van der Waals surface area contributed by atoms with E-state index in [2.05, 4.69) is 31.7 Å². The van der Waals surface area contributed by atoms with Crippen LogP contribution < -0.4 is 10.6 Å². The average Bonchev–Trinajstić information content (AvgIpc) is 3.46. The highest BCUT2D eigenvalue weighted by atomic mass is 16.1. The second kappa shape index (κ2) is 8.22. The molecule has 4 aromatic rings. The first-order chi connectivity index (χ1) is 15.2. The molecule has 5 rings (SSSR count). The summed E-state index contributed by atoms with van der Waals surface area (Å²) in [6.45, 7) is 0. The van der Waals surface area contributed by atoms with Gasteiger partial charge in [0.25, 0.3) is 5.91 Å². The van der Waals surface area contributed by atoms with Gasteiger partial charge in [0.1, 0.15) is 0 Å². The molecule has 1 saturated carbocycles. The molecule has 0 saturated heterocycles. The molecule has 0 spiro atoms. The van der Waals surface area contributed by atoms with Gasteiger partial charge in [0, 0.05) is 41.8 Å². The quantitative estimate of drug-likeness (QED) is 0.510. The summed E-state index contributed by atoms with van der Waals surface area (Å²) in [4.78, 5) is 16.4. The monoisotopic (exact) mass is 415 g/mol. The Labute approximate surface area is 180 Å². The normalized spacial score (nSPS) is 14.6. The van der Waals surface area contributed by atoms with E-state index in [1.54, 1.807) is 23.7 Å². The molecule has 2 N–H and O–H groups in total. The number of anilines is 2. The smallest absolute Gasteiger partial charge is 0.251 e. The zero-order valence-electron chi connectivity index (χ0n) is 17.5. The number of rotatable bonds is 5. The molecule has 1 amide bonds. The van der Waals surface area contributed by atoms with Crippen LogP contribution in [0.15, 0.2) is 55.0 Å². The minimum atomic E-state index is -0.115. The van der Waals surface area contributed by atoms with Gasteiger partial charge >= 0.3 is 0 Å². The molecule has 0 aliphatic heterocycles. The third-order valence-electron chi connectivity index (χ3n) is 5.85. The van der Waals surface area contributed by atoms with Crippen molar-refractivity contribution in [2.45, 2.75) is 38.1 Å². The molecule has 0 radical (unpaired) electrons. The summed E-state index contributed by atoms with van der Waals surface area (Å²) in [6, 6.07) is 11.7. The van der Waals surface area contributed by atoms with Crippen LogP contribution in [-0.2, 0) is 0 Å². The van der Waals surface area contributed by atoms with Crippen LogP contribution in [0.1, 0.15) is 48.5 Å². The molecule has 0 atom stereocenters. The van der Waals surface area contributed by atoms with E-state index in [1.807, 2.05) is 36.7 Å². The number of benzene rings is 1. The van der Waals surface area contributed by atoms with Crippen LogP contribution in [0.4, 0.5) is 11.6 Å². The molecule has 3 aromatic heterocycles. The molecule has 31 heavy (non-hydrogen) atoms. The molecule has 8 nitrogen and oxygen atoms in total. The molecule has 0 bridgehead atoms. The van der Waals surface area contributed by atoms with Gasteiger partial charge in [0.2, 0.25) is 5.95 Å². The van der Waals surface area contributed by atoms with Crippen molar-refractivity contribution in [3.8, 4) is 11.1 Å². The highest BCUT2D eigenvalue weighted by molar-refractivity contribution is 5.94. The lowest BCUT2D eigenvalue weighted by molar-refractivity contribution is 0.0963. The third kappa shape index (κ3) is 3.88. The van der Waals surface area contributed by atoms with Gasteiger partial charge in [0.15, 0.2) is 5.65 Å². The lowest BCUT2D eigenvalue weighted by atomic mass is 9.96. The van der Waals surface area contributed by atoms with Gasteiger partial charge in [-0.25, -0.2) is 4.52 Å². The van der Waals surface area contributed by atoms with Crippen LogP contribution in [0.3, 0.4) is 0 Å². The largest absolute Gasteiger partial charge is 0.355 e. The van der Waals surface area contributed by atoms with E-state index in [-0.39, 0.29) is 5.91 Å². The van der Waals surface area contributed by atoms with Crippen LogP contribution in [0.25, 0.3) is 16.8 Å². The lowest BCUT2D eigenvalue weighted by Gasteiger charge is -2.21. The summed E-state index contributed by atoms with van der Waals surface area (Å²) in [5.41, 5.74) is 4.24. The van der Waals surface area contributed by atoms with Crippen molar-refractivity contribution in [3.63, 3.8) is 0 Å². The van der Waals surface area contributed by atoms with E-state index in [0.717, 1.165) is 22.5 Å². The van der Waals surface area contributed by atoms with E-state index in [4.69, 9.17) is 4.98 Å². The van der Waals surface area contributed by atoms with Crippen molar-refractivity contribution in [2.24, 2.45) is 0 Å². The molecule has 0 unspecified atom stereocenters. The lowest BCUT2D eigenvalue weighted by Crippen LogP contribution is -2.17. The van der Waals surface area contributed by atoms with Gasteiger partial charge in [-0.05, 0) is 49.2 Å². The minimum Gasteiger partial charge on any atom is -0.355 e. The molecule has 158 valence electrons. The molecule has 3 heterocycles. The Kier molecular flexibility index (Phi) is 5.11. The second-order valence-corrected chi connectivity index (χ2v) is 7.91. The molecule has 1 aliphatic rings. The number of aromatic nitrogens is 5. The van der Waals surface area contributed by atoms with Crippen LogP contribution in [0.2, 0.25) is 0 Å². The van der Waals surface area contributed by atoms with Crippen molar-refractivity contribution in [1.29, 1.82) is 0 Å². The Balaban J connectivity index is 1.40. The average molecular weight is 416 g/mol. The van der Waals surface area contributed by atoms with Gasteiger partial charge < -0.3 is 10.6 Å². The van der Waals surface area contributed by atoms with Crippen LogP contribution in [-0.4, -0.2) is 37.3 Å². The summed E-state index contributed by atoms with van der Waals surface area (Å²) in [7, 11) is 1.62. The van der Waals surface area contributed by atoms with Gasteiger partial charge in [-0.15, -0.1) is 5.10 Å². The Hall–Kier alpha value is -3.68. The Morgan fingerprint density at radius 3 is 2.68 bits per heavy atom. The van der Waals surface area contributed by atoms with Crippen molar-refractivity contribution in [3.05, 3.63) is 60.6 Å². The number of nitrogens with zero attached hydrogens (tertiary/aromatic N) is 5. The highest BCUT2D eigenvalue weighted by Crippen LogP contribution is 2.30. The Morgan fingerprint density at radius 2 is 1.90 bits per heavy atom. The van der Waals surface area contributed by atoms with Gasteiger partial charge in [-0.2, -0.15) is 10.1 Å². The molecule has 1 aliphatic carbocycles. The maximum absolute atomic E-state index is 11.7. The summed E-state index contributed by atoms with van der Waals surface area (Å²) in [5.74, 6) is 0.385. The number of fused-ring (bicyclic) bond motifs is 1. The minimum absolute atomic E-state index is 0.115. The van der Waals surface area contributed by atoms with E-state index < -0.39 is 0 Å².